The zero-order chi connectivity index (χ0) is 13.4. The largest absolute Gasteiger partial charge is 0.475 e. The van der Waals surface area contributed by atoms with Crippen LogP contribution in [-0.2, 0) is 0 Å². The molecule has 7 heteroatoms. The van der Waals surface area contributed by atoms with Crippen molar-refractivity contribution in [2.75, 3.05) is 0 Å². The summed E-state index contributed by atoms with van der Waals surface area (Å²) in [5.74, 6) is -1.87. The summed E-state index contributed by atoms with van der Waals surface area (Å²) in [5.41, 5.74) is 0.636. The van der Waals surface area contributed by atoms with Gasteiger partial charge in [-0.25, -0.2) is 14.8 Å². The molecule has 5 nitrogen and oxygen atoms in total. The highest BCUT2D eigenvalue weighted by Crippen LogP contribution is 2.25. The molecular formula is C12H6N2O3S2. The molecule has 0 radical (unpaired) electrons. The van der Waals surface area contributed by atoms with E-state index in [-0.39, 0.29) is 17.3 Å². The summed E-state index contributed by atoms with van der Waals surface area (Å²) in [6, 6.07) is 5.14. The molecule has 0 spiro atoms. The van der Waals surface area contributed by atoms with Gasteiger partial charge in [0.05, 0.1) is 15.1 Å². The molecule has 3 rings (SSSR count). The van der Waals surface area contributed by atoms with Gasteiger partial charge in [-0.15, -0.1) is 22.7 Å². The maximum Gasteiger partial charge on any atom is 0.373 e. The van der Waals surface area contributed by atoms with E-state index in [0.717, 1.165) is 0 Å². The van der Waals surface area contributed by atoms with Gasteiger partial charge in [0.25, 0.3) is 0 Å². The third kappa shape index (κ3) is 2.02. The summed E-state index contributed by atoms with van der Waals surface area (Å²) in [6.07, 6.45) is 0. The molecule has 0 saturated heterocycles. The van der Waals surface area contributed by atoms with E-state index in [4.69, 9.17) is 5.11 Å². The fourth-order valence-electron chi connectivity index (χ4n) is 1.64. The lowest BCUT2D eigenvalue weighted by Gasteiger charge is -2.01. The summed E-state index contributed by atoms with van der Waals surface area (Å²) in [6.45, 7) is 0. The number of fused-ring (bicyclic) bond motifs is 1. The maximum atomic E-state index is 12.3. The van der Waals surface area contributed by atoms with Crippen LogP contribution in [0.3, 0.4) is 0 Å². The first-order valence-corrected chi connectivity index (χ1v) is 6.99. The highest BCUT2D eigenvalue weighted by molar-refractivity contribution is 7.17. The highest BCUT2D eigenvalue weighted by atomic mass is 32.1. The normalized spacial score (nSPS) is 10.7. The Morgan fingerprint density at radius 2 is 1.95 bits per heavy atom. The van der Waals surface area contributed by atoms with E-state index in [1.807, 2.05) is 0 Å². The molecule has 0 amide bonds. The molecule has 1 N–H and O–H groups in total. The second-order valence-electron chi connectivity index (χ2n) is 3.64. The van der Waals surface area contributed by atoms with E-state index in [0.29, 0.717) is 15.1 Å². The Hall–Kier alpha value is -2.12. The van der Waals surface area contributed by atoms with Gasteiger partial charge in [-0.2, -0.15) is 0 Å². The molecule has 0 aliphatic rings. The second-order valence-corrected chi connectivity index (χ2v) is 5.51. The van der Waals surface area contributed by atoms with Crippen LogP contribution < -0.4 is 0 Å². The molecular weight excluding hydrogens is 284 g/mol. The van der Waals surface area contributed by atoms with E-state index >= 15 is 0 Å². The Labute approximate surface area is 115 Å². The number of carbonyl (C=O) groups is 2. The van der Waals surface area contributed by atoms with Crippen molar-refractivity contribution < 1.29 is 14.7 Å². The fourth-order valence-corrected chi connectivity index (χ4v) is 3.12. The minimum atomic E-state index is -1.24. The van der Waals surface area contributed by atoms with Crippen LogP contribution in [0.15, 0.2) is 29.0 Å². The molecule has 3 aromatic heterocycles. The quantitative estimate of drug-likeness (QED) is 0.750. The average Bonchev–Trinajstić information content (AvgIpc) is 3.07. The van der Waals surface area contributed by atoms with Crippen LogP contribution in [0, 0.1) is 0 Å². The van der Waals surface area contributed by atoms with Crippen molar-refractivity contribution in [3.05, 3.63) is 45.4 Å². The van der Waals surface area contributed by atoms with Crippen molar-refractivity contribution >= 4 is 44.6 Å². The standard InChI is InChI=1S/C12H6N2O3S2/c15-9(7-2-1-4-18-7)8-10-6(3-5-19-10)13-11(14-8)12(16)17/h1-5H,(H,16,17). The van der Waals surface area contributed by atoms with Crippen molar-refractivity contribution in [2.24, 2.45) is 0 Å². The number of hydrogen-bond donors (Lipinski definition) is 1. The zero-order valence-corrected chi connectivity index (χ0v) is 11.0. The van der Waals surface area contributed by atoms with Crippen molar-refractivity contribution in [1.82, 2.24) is 9.97 Å². The van der Waals surface area contributed by atoms with Crippen LogP contribution in [-0.4, -0.2) is 26.8 Å². The SMILES string of the molecule is O=C(O)c1nc(C(=O)c2cccs2)c2sccc2n1. The predicted octanol–water partition coefficient (Wildman–Crippen LogP) is 2.68. The molecule has 0 saturated carbocycles. The van der Waals surface area contributed by atoms with E-state index in [9.17, 15) is 9.59 Å². The zero-order valence-electron chi connectivity index (χ0n) is 9.36. The van der Waals surface area contributed by atoms with Crippen molar-refractivity contribution in [3.63, 3.8) is 0 Å². The van der Waals surface area contributed by atoms with Crippen LogP contribution in [0.4, 0.5) is 0 Å². The number of hydrogen-bond acceptors (Lipinski definition) is 6. The van der Waals surface area contributed by atoms with Crippen molar-refractivity contribution in [3.8, 4) is 0 Å². The Kier molecular flexibility index (Phi) is 2.84. The fraction of sp³-hybridized carbons (Fsp3) is 0. The van der Waals surface area contributed by atoms with Gasteiger partial charge in [-0.05, 0) is 22.9 Å². The molecule has 94 valence electrons. The summed E-state index contributed by atoms with van der Waals surface area (Å²) >= 11 is 2.62. The number of aromatic carboxylic acids is 1. The number of carboxylic acid groups (broad SMARTS) is 1. The maximum absolute atomic E-state index is 12.3. The smallest absolute Gasteiger partial charge is 0.373 e. The Morgan fingerprint density at radius 3 is 2.63 bits per heavy atom. The third-order valence-corrected chi connectivity index (χ3v) is 4.23. The molecule has 3 heterocycles. The molecule has 0 atom stereocenters. The Bertz CT molecular complexity index is 777. The number of nitrogens with zero attached hydrogens (tertiary/aromatic N) is 2. The van der Waals surface area contributed by atoms with Gasteiger partial charge in [-0.3, -0.25) is 4.79 Å². The van der Waals surface area contributed by atoms with E-state index in [2.05, 4.69) is 9.97 Å². The van der Waals surface area contributed by atoms with Gasteiger partial charge in [0.15, 0.2) is 0 Å². The van der Waals surface area contributed by atoms with Crippen molar-refractivity contribution in [1.29, 1.82) is 0 Å². The minimum Gasteiger partial charge on any atom is -0.475 e. The minimum absolute atomic E-state index is 0.153. The number of carboxylic acids is 1. The number of ketones is 1. The molecule has 0 unspecified atom stereocenters. The Balaban J connectivity index is 2.24. The molecule has 3 aromatic rings. The van der Waals surface area contributed by atoms with Gasteiger partial charge in [0.1, 0.15) is 5.69 Å². The number of thiophene rings is 2. The molecule has 0 bridgehead atoms. The lowest BCUT2D eigenvalue weighted by molar-refractivity contribution is 0.0684. The average molecular weight is 290 g/mol. The number of carbonyl (C=O) groups excluding carboxylic acids is 1. The lowest BCUT2D eigenvalue weighted by atomic mass is 10.2. The molecule has 0 aliphatic carbocycles. The first-order valence-electron chi connectivity index (χ1n) is 5.23. The molecule has 0 fully saturated rings. The summed E-state index contributed by atoms with van der Waals surface area (Å²) in [7, 11) is 0. The summed E-state index contributed by atoms with van der Waals surface area (Å²) in [5, 5.41) is 12.5. The van der Waals surface area contributed by atoms with Crippen molar-refractivity contribution in [2.45, 2.75) is 0 Å². The van der Waals surface area contributed by atoms with Gasteiger partial charge < -0.3 is 5.11 Å². The molecule has 0 aromatic carbocycles. The Morgan fingerprint density at radius 1 is 1.11 bits per heavy atom. The molecule has 19 heavy (non-hydrogen) atoms. The summed E-state index contributed by atoms with van der Waals surface area (Å²) in [4.78, 5) is 31.7. The topological polar surface area (TPSA) is 80.1 Å². The van der Waals surface area contributed by atoms with Gasteiger partial charge in [-0.1, -0.05) is 6.07 Å². The van der Waals surface area contributed by atoms with Crippen LogP contribution in [0.1, 0.15) is 26.0 Å². The number of rotatable bonds is 3. The van der Waals surface area contributed by atoms with Gasteiger partial charge in [0, 0.05) is 0 Å². The van der Waals surface area contributed by atoms with E-state index in [1.54, 1.807) is 29.0 Å². The first-order chi connectivity index (χ1) is 9.16. The van der Waals surface area contributed by atoms with Gasteiger partial charge >= 0.3 is 5.97 Å². The van der Waals surface area contributed by atoms with Crippen LogP contribution in [0.25, 0.3) is 10.2 Å². The van der Waals surface area contributed by atoms with E-state index < -0.39 is 5.97 Å². The third-order valence-electron chi connectivity index (χ3n) is 2.45. The summed E-state index contributed by atoms with van der Waals surface area (Å²) < 4.78 is 0.614. The molecule has 0 aliphatic heterocycles. The lowest BCUT2D eigenvalue weighted by Crippen LogP contribution is -2.10. The van der Waals surface area contributed by atoms with Crippen LogP contribution in [0.2, 0.25) is 0 Å². The second kappa shape index (κ2) is 4.52. The van der Waals surface area contributed by atoms with Crippen LogP contribution >= 0.6 is 22.7 Å². The highest BCUT2D eigenvalue weighted by Gasteiger charge is 2.20. The van der Waals surface area contributed by atoms with Gasteiger partial charge in [0.2, 0.25) is 11.6 Å². The van der Waals surface area contributed by atoms with Crippen LogP contribution in [0.5, 0.6) is 0 Å². The first kappa shape index (κ1) is 11.9. The monoisotopic (exact) mass is 290 g/mol. The predicted molar refractivity (Wildman–Crippen MR) is 72.1 cm³/mol. The van der Waals surface area contributed by atoms with E-state index in [1.165, 1.54) is 22.7 Å². The number of aromatic nitrogens is 2.